The van der Waals surface area contributed by atoms with Crippen molar-refractivity contribution in [3.8, 4) is 17.2 Å². The smallest absolute Gasteiger partial charge is 0.299 e. The van der Waals surface area contributed by atoms with Crippen molar-refractivity contribution in [1.82, 2.24) is 0 Å². The summed E-state index contributed by atoms with van der Waals surface area (Å²) >= 11 is 0. The first-order valence-electron chi connectivity index (χ1n) is 7.42. The Hall–Kier alpha value is -2.28. The van der Waals surface area contributed by atoms with Crippen LogP contribution in [0.1, 0.15) is 23.2 Å². The summed E-state index contributed by atoms with van der Waals surface area (Å²) in [4.78, 5) is 26.6. The summed E-state index contributed by atoms with van der Waals surface area (Å²) in [5, 5.41) is 0. The summed E-state index contributed by atoms with van der Waals surface area (Å²) in [6.45, 7) is 1.14. The number of anilines is 1. The molecule has 2 heterocycles. The maximum atomic E-state index is 12.5. The van der Waals surface area contributed by atoms with Gasteiger partial charge in [0.15, 0.2) is 11.5 Å². The van der Waals surface area contributed by atoms with Crippen LogP contribution in [0.15, 0.2) is 6.07 Å². The van der Waals surface area contributed by atoms with E-state index in [1.807, 2.05) is 0 Å². The number of rotatable bonds is 4. The van der Waals surface area contributed by atoms with E-state index >= 15 is 0 Å². The van der Waals surface area contributed by atoms with E-state index in [0.717, 1.165) is 0 Å². The van der Waals surface area contributed by atoms with Crippen LogP contribution < -0.4 is 19.1 Å². The van der Waals surface area contributed by atoms with Crippen molar-refractivity contribution >= 4 is 17.4 Å². The lowest BCUT2D eigenvalue weighted by Gasteiger charge is -2.31. The number of Topliss-reactive ketones (excluding diaryl/α,β-unsaturated/α-hetero) is 1. The fraction of sp³-hybridized carbons (Fsp3) is 0.500. The number of ketones is 1. The van der Waals surface area contributed by atoms with Gasteiger partial charge in [0, 0.05) is 25.3 Å². The van der Waals surface area contributed by atoms with Crippen molar-refractivity contribution in [2.24, 2.45) is 0 Å². The van der Waals surface area contributed by atoms with Gasteiger partial charge in [-0.2, -0.15) is 0 Å². The summed E-state index contributed by atoms with van der Waals surface area (Å²) in [6, 6.07) is 1.60. The van der Waals surface area contributed by atoms with Gasteiger partial charge in [0.25, 0.3) is 11.7 Å². The summed E-state index contributed by atoms with van der Waals surface area (Å²) < 4.78 is 21.3. The molecule has 7 nitrogen and oxygen atoms in total. The van der Waals surface area contributed by atoms with Gasteiger partial charge in [0.2, 0.25) is 5.75 Å². The van der Waals surface area contributed by atoms with Gasteiger partial charge in [0.05, 0.1) is 32.6 Å². The van der Waals surface area contributed by atoms with Crippen LogP contribution >= 0.6 is 0 Å². The van der Waals surface area contributed by atoms with Gasteiger partial charge in [-0.25, -0.2) is 0 Å². The molecule has 0 spiro atoms. The van der Waals surface area contributed by atoms with Gasteiger partial charge >= 0.3 is 0 Å². The molecule has 0 aromatic heterocycles. The number of carbonyl (C=O) groups is 2. The highest BCUT2D eigenvalue weighted by molar-refractivity contribution is 6.53. The molecule has 2 aliphatic rings. The van der Waals surface area contributed by atoms with Crippen molar-refractivity contribution in [3.63, 3.8) is 0 Å². The molecule has 0 aliphatic carbocycles. The molecule has 0 radical (unpaired) electrons. The van der Waals surface area contributed by atoms with Gasteiger partial charge in [-0.1, -0.05) is 0 Å². The SMILES string of the molecule is COc1cc2c(c(OC)c1OC)C(=O)C(=O)N2C1CCOCC1. The lowest BCUT2D eigenvalue weighted by atomic mass is 10.1. The van der Waals surface area contributed by atoms with E-state index in [9.17, 15) is 9.59 Å². The van der Waals surface area contributed by atoms with Crippen LogP contribution in [0.2, 0.25) is 0 Å². The molecule has 1 aromatic carbocycles. The van der Waals surface area contributed by atoms with Crippen molar-refractivity contribution in [2.75, 3.05) is 39.4 Å². The second-order valence-electron chi connectivity index (χ2n) is 5.39. The topological polar surface area (TPSA) is 74.3 Å². The van der Waals surface area contributed by atoms with E-state index in [1.165, 1.54) is 21.3 Å². The first-order valence-corrected chi connectivity index (χ1v) is 7.42. The molecule has 0 unspecified atom stereocenters. The number of carbonyl (C=O) groups excluding carboxylic acids is 2. The molecule has 0 atom stereocenters. The molecular weight excluding hydrogens is 302 g/mol. The molecule has 0 N–H and O–H groups in total. The predicted molar refractivity (Wildman–Crippen MR) is 81.8 cm³/mol. The number of hydrogen-bond acceptors (Lipinski definition) is 6. The highest BCUT2D eigenvalue weighted by Gasteiger charge is 2.44. The summed E-state index contributed by atoms with van der Waals surface area (Å²) in [6.07, 6.45) is 1.38. The number of hydrogen-bond donors (Lipinski definition) is 0. The first kappa shape index (κ1) is 15.6. The molecular formula is C16H19NO6. The van der Waals surface area contributed by atoms with Crippen molar-refractivity contribution in [2.45, 2.75) is 18.9 Å². The molecule has 1 fully saturated rings. The van der Waals surface area contributed by atoms with E-state index < -0.39 is 11.7 Å². The Labute approximate surface area is 134 Å². The normalized spacial score (nSPS) is 18.1. The maximum absolute atomic E-state index is 12.5. The van der Waals surface area contributed by atoms with Gasteiger partial charge < -0.3 is 23.8 Å². The van der Waals surface area contributed by atoms with E-state index in [0.29, 0.717) is 43.2 Å². The van der Waals surface area contributed by atoms with E-state index in [4.69, 9.17) is 18.9 Å². The zero-order valence-electron chi connectivity index (χ0n) is 13.4. The lowest BCUT2D eigenvalue weighted by Crippen LogP contribution is -2.42. The van der Waals surface area contributed by atoms with Gasteiger partial charge in [-0.3, -0.25) is 9.59 Å². The minimum atomic E-state index is -0.579. The quantitative estimate of drug-likeness (QED) is 0.781. The predicted octanol–water partition coefficient (Wildman–Crippen LogP) is 1.42. The number of amides is 1. The molecule has 124 valence electrons. The van der Waals surface area contributed by atoms with Crippen molar-refractivity contribution < 1.29 is 28.5 Å². The average Bonchev–Trinajstić information content (AvgIpc) is 2.84. The number of ether oxygens (including phenoxy) is 4. The Morgan fingerprint density at radius 3 is 2.26 bits per heavy atom. The largest absolute Gasteiger partial charge is 0.493 e. The third-order valence-electron chi connectivity index (χ3n) is 4.26. The minimum Gasteiger partial charge on any atom is -0.493 e. The van der Waals surface area contributed by atoms with Crippen LogP contribution in [0.25, 0.3) is 0 Å². The molecule has 1 amide bonds. The second-order valence-corrected chi connectivity index (χ2v) is 5.39. The monoisotopic (exact) mass is 321 g/mol. The van der Waals surface area contributed by atoms with Crippen LogP contribution in [0, 0.1) is 0 Å². The van der Waals surface area contributed by atoms with Crippen LogP contribution in [0.4, 0.5) is 5.69 Å². The second kappa shape index (κ2) is 6.08. The summed E-state index contributed by atoms with van der Waals surface area (Å²) in [5.41, 5.74) is 0.753. The Morgan fingerprint density at radius 2 is 1.70 bits per heavy atom. The third-order valence-corrected chi connectivity index (χ3v) is 4.26. The van der Waals surface area contributed by atoms with Crippen LogP contribution in [-0.2, 0) is 9.53 Å². The summed E-state index contributed by atoms with van der Waals surface area (Å²) in [5.74, 6) is -0.161. The van der Waals surface area contributed by atoms with Gasteiger partial charge in [-0.05, 0) is 12.8 Å². The Morgan fingerprint density at radius 1 is 1.04 bits per heavy atom. The zero-order chi connectivity index (χ0) is 16.6. The molecule has 1 saturated heterocycles. The molecule has 0 bridgehead atoms. The highest BCUT2D eigenvalue weighted by Crippen LogP contribution is 2.48. The Bertz CT molecular complexity index is 650. The standard InChI is InChI=1S/C16H19NO6/c1-20-11-8-10-12(15(22-3)14(11)21-2)13(18)16(19)17(10)9-4-6-23-7-5-9/h8-9H,4-7H2,1-3H3. The van der Waals surface area contributed by atoms with E-state index in [-0.39, 0.29) is 17.4 Å². The number of benzene rings is 1. The van der Waals surface area contributed by atoms with E-state index in [2.05, 4.69) is 0 Å². The highest BCUT2D eigenvalue weighted by atomic mass is 16.5. The van der Waals surface area contributed by atoms with Crippen molar-refractivity contribution in [1.29, 1.82) is 0 Å². The Balaban J connectivity index is 2.17. The average molecular weight is 321 g/mol. The first-order chi connectivity index (χ1) is 11.1. The van der Waals surface area contributed by atoms with Crippen LogP contribution in [0.3, 0.4) is 0 Å². The third kappa shape index (κ3) is 2.31. The number of methoxy groups -OCH3 is 3. The molecule has 3 rings (SSSR count). The zero-order valence-corrected chi connectivity index (χ0v) is 13.4. The maximum Gasteiger partial charge on any atom is 0.299 e. The van der Waals surface area contributed by atoms with E-state index in [1.54, 1.807) is 11.0 Å². The lowest BCUT2D eigenvalue weighted by molar-refractivity contribution is -0.115. The molecule has 7 heteroatoms. The molecule has 2 aliphatic heterocycles. The molecule has 23 heavy (non-hydrogen) atoms. The molecule has 0 saturated carbocycles. The molecule has 1 aromatic rings. The summed E-state index contributed by atoms with van der Waals surface area (Å²) in [7, 11) is 4.40. The van der Waals surface area contributed by atoms with Crippen molar-refractivity contribution in [3.05, 3.63) is 11.6 Å². The van der Waals surface area contributed by atoms with Gasteiger partial charge in [-0.15, -0.1) is 0 Å². The minimum absolute atomic E-state index is 0.0655. The van der Waals surface area contributed by atoms with Crippen LogP contribution in [-0.4, -0.2) is 52.3 Å². The Kier molecular flexibility index (Phi) is 4.12. The van der Waals surface area contributed by atoms with Crippen LogP contribution in [0.5, 0.6) is 17.2 Å². The fourth-order valence-corrected chi connectivity index (χ4v) is 3.18. The fourth-order valence-electron chi connectivity index (χ4n) is 3.18. The number of fused-ring (bicyclic) bond motifs is 1. The van der Waals surface area contributed by atoms with Gasteiger partial charge in [0.1, 0.15) is 0 Å². The number of nitrogens with zero attached hydrogens (tertiary/aromatic N) is 1.